The molecule has 144 valence electrons. The van der Waals surface area contributed by atoms with Gasteiger partial charge in [-0.15, -0.1) is 0 Å². The van der Waals surface area contributed by atoms with Crippen LogP contribution in [0.15, 0.2) is 77.7 Å². The molecule has 0 aliphatic rings. The molecule has 3 aromatic rings. The van der Waals surface area contributed by atoms with Crippen molar-refractivity contribution in [2.75, 3.05) is 4.72 Å². The third-order valence-corrected chi connectivity index (χ3v) is 5.82. The van der Waals surface area contributed by atoms with E-state index in [4.69, 9.17) is 23.2 Å². The highest BCUT2D eigenvalue weighted by molar-refractivity contribution is 7.92. The van der Waals surface area contributed by atoms with Crippen LogP contribution in [0.2, 0.25) is 10.0 Å². The first-order chi connectivity index (χ1) is 13.3. The summed E-state index contributed by atoms with van der Waals surface area (Å²) in [6.07, 6.45) is 0. The Morgan fingerprint density at radius 2 is 1.64 bits per heavy atom. The Bertz CT molecular complexity index is 1100. The van der Waals surface area contributed by atoms with E-state index in [1.54, 1.807) is 36.4 Å². The minimum atomic E-state index is -3.77. The topological polar surface area (TPSA) is 75.3 Å². The van der Waals surface area contributed by atoms with Gasteiger partial charge in [-0.25, -0.2) is 8.42 Å². The first kappa shape index (κ1) is 20.2. The van der Waals surface area contributed by atoms with Crippen molar-refractivity contribution >= 4 is 44.8 Å². The van der Waals surface area contributed by atoms with Crippen LogP contribution in [0.3, 0.4) is 0 Å². The number of carbonyl (C=O) groups excluding carboxylic acids is 1. The number of nitrogens with one attached hydrogen (secondary N) is 2. The van der Waals surface area contributed by atoms with Crippen LogP contribution in [-0.4, -0.2) is 14.3 Å². The third kappa shape index (κ3) is 5.04. The van der Waals surface area contributed by atoms with Gasteiger partial charge in [-0.3, -0.25) is 9.52 Å². The van der Waals surface area contributed by atoms with E-state index in [9.17, 15) is 13.2 Å². The van der Waals surface area contributed by atoms with Gasteiger partial charge in [0.2, 0.25) is 0 Å². The Labute approximate surface area is 173 Å². The Morgan fingerprint density at radius 3 is 2.36 bits per heavy atom. The van der Waals surface area contributed by atoms with Gasteiger partial charge in [0.1, 0.15) is 0 Å². The van der Waals surface area contributed by atoms with Crippen LogP contribution in [0.1, 0.15) is 15.9 Å². The molecule has 0 saturated heterocycles. The summed E-state index contributed by atoms with van der Waals surface area (Å²) in [7, 11) is -3.77. The molecule has 3 aromatic carbocycles. The van der Waals surface area contributed by atoms with E-state index in [-0.39, 0.29) is 27.7 Å². The number of amides is 1. The number of carbonyl (C=O) groups is 1. The molecule has 1 amide bonds. The summed E-state index contributed by atoms with van der Waals surface area (Å²) in [5.41, 5.74) is 1.23. The molecule has 2 N–H and O–H groups in total. The second-order valence-electron chi connectivity index (χ2n) is 5.93. The summed E-state index contributed by atoms with van der Waals surface area (Å²) in [6, 6.07) is 19.4. The van der Waals surface area contributed by atoms with Gasteiger partial charge in [0.15, 0.2) is 0 Å². The van der Waals surface area contributed by atoms with E-state index in [1.165, 1.54) is 30.3 Å². The average molecular weight is 435 g/mol. The number of halogens is 2. The van der Waals surface area contributed by atoms with Crippen molar-refractivity contribution < 1.29 is 13.2 Å². The molecule has 0 unspecified atom stereocenters. The Balaban J connectivity index is 1.76. The lowest BCUT2D eigenvalue weighted by atomic mass is 10.1. The summed E-state index contributed by atoms with van der Waals surface area (Å²) < 4.78 is 27.4. The van der Waals surface area contributed by atoms with Gasteiger partial charge < -0.3 is 5.32 Å². The minimum Gasteiger partial charge on any atom is -0.348 e. The second kappa shape index (κ2) is 8.65. The van der Waals surface area contributed by atoms with Gasteiger partial charge in [0, 0.05) is 17.3 Å². The lowest BCUT2D eigenvalue weighted by molar-refractivity contribution is 0.0951. The molecule has 0 bridgehead atoms. The van der Waals surface area contributed by atoms with Crippen LogP contribution in [-0.2, 0) is 16.6 Å². The van der Waals surface area contributed by atoms with Gasteiger partial charge in [-0.1, -0.05) is 53.5 Å². The van der Waals surface area contributed by atoms with Crippen LogP contribution in [0, 0.1) is 0 Å². The lowest BCUT2D eigenvalue weighted by Gasteiger charge is -2.11. The zero-order valence-corrected chi connectivity index (χ0v) is 16.9. The molecule has 0 fully saturated rings. The molecular weight excluding hydrogens is 419 g/mol. The molecule has 0 atom stereocenters. The number of hydrogen-bond acceptors (Lipinski definition) is 3. The van der Waals surface area contributed by atoms with Gasteiger partial charge >= 0.3 is 0 Å². The molecule has 0 aliphatic carbocycles. The van der Waals surface area contributed by atoms with Crippen LogP contribution in [0.25, 0.3) is 0 Å². The lowest BCUT2D eigenvalue weighted by Crippen LogP contribution is -2.23. The highest BCUT2D eigenvalue weighted by Gasteiger charge is 2.16. The maximum absolute atomic E-state index is 12.5. The standard InChI is InChI=1S/C20H16Cl2N2O3S/c21-15-6-4-5-14(11-15)13-23-20(25)18-12-16(9-10-19(18)22)24-28(26,27)17-7-2-1-3-8-17/h1-12,24H,13H2,(H,23,25). The van der Waals surface area contributed by atoms with Crippen molar-refractivity contribution in [2.45, 2.75) is 11.4 Å². The number of hydrogen-bond donors (Lipinski definition) is 2. The second-order valence-corrected chi connectivity index (χ2v) is 8.45. The number of anilines is 1. The average Bonchev–Trinajstić information content (AvgIpc) is 2.68. The number of sulfonamides is 1. The van der Waals surface area contributed by atoms with E-state index < -0.39 is 15.9 Å². The number of rotatable bonds is 6. The van der Waals surface area contributed by atoms with Crippen molar-refractivity contribution in [3.63, 3.8) is 0 Å². The first-order valence-corrected chi connectivity index (χ1v) is 10.5. The Kier molecular flexibility index (Phi) is 6.24. The predicted molar refractivity (Wildman–Crippen MR) is 111 cm³/mol. The van der Waals surface area contributed by atoms with E-state index in [0.29, 0.717) is 5.02 Å². The van der Waals surface area contributed by atoms with Gasteiger partial charge in [-0.05, 0) is 48.0 Å². The third-order valence-electron chi connectivity index (χ3n) is 3.86. The van der Waals surface area contributed by atoms with Crippen molar-refractivity contribution in [1.29, 1.82) is 0 Å². The molecule has 3 rings (SSSR count). The van der Waals surface area contributed by atoms with Gasteiger partial charge in [0.25, 0.3) is 15.9 Å². The molecule has 5 nitrogen and oxygen atoms in total. The maximum Gasteiger partial charge on any atom is 0.261 e. The monoisotopic (exact) mass is 434 g/mol. The van der Waals surface area contributed by atoms with Gasteiger partial charge in [0.05, 0.1) is 15.5 Å². The Morgan fingerprint density at radius 1 is 0.893 bits per heavy atom. The SMILES string of the molecule is O=C(NCc1cccc(Cl)c1)c1cc(NS(=O)(=O)c2ccccc2)ccc1Cl. The van der Waals surface area contributed by atoms with Crippen molar-refractivity contribution in [1.82, 2.24) is 5.32 Å². The van der Waals surface area contributed by atoms with Crippen LogP contribution in [0.4, 0.5) is 5.69 Å². The molecule has 0 radical (unpaired) electrons. The zero-order chi connectivity index (χ0) is 20.1. The molecular formula is C20H16Cl2N2O3S. The molecule has 28 heavy (non-hydrogen) atoms. The van der Waals surface area contributed by atoms with E-state index >= 15 is 0 Å². The molecule has 0 saturated carbocycles. The van der Waals surface area contributed by atoms with E-state index in [1.807, 2.05) is 6.07 Å². The van der Waals surface area contributed by atoms with Crippen LogP contribution in [0.5, 0.6) is 0 Å². The zero-order valence-electron chi connectivity index (χ0n) is 14.5. The van der Waals surface area contributed by atoms with E-state index in [2.05, 4.69) is 10.0 Å². The fraction of sp³-hybridized carbons (Fsp3) is 0.0500. The van der Waals surface area contributed by atoms with Gasteiger partial charge in [-0.2, -0.15) is 0 Å². The minimum absolute atomic E-state index is 0.122. The summed E-state index contributed by atoms with van der Waals surface area (Å²) in [4.78, 5) is 12.6. The molecule has 0 aromatic heterocycles. The fourth-order valence-corrected chi connectivity index (χ4v) is 3.99. The van der Waals surface area contributed by atoms with Crippen molar-refractivity contribution in [3.8, 4) is 0 Å². The predicted octanol–water partition coefficient (Wildman–Crippen LogP) is 4.72. The summed E-state index contributed by atoms with van der Waals surface area (Å²) in [6.45, 7) is 0.260. The normalized spacial score (nSPS) is 11.1. The summed E-state index contributed by atoms with van der Waals surface area (Å²) >= 11 is 12.1. The van der Waals surface area contributed by atoms with Crippen LogP contribution < -0.4 is 10.0 Å². The fourth-order valence-electron chi connectivity index (χ4n) is 2.50. The van der Waals surface area contributed by atoms with Crippen molar-refractivity contribution in [3.05, 3.63) is 94.0 Å². The molecule has 0 heterocycles. The van der Waals surface area contributed by atoms with E-state index in [0.717, 1.165) is 5.56 Å². The summed E-state index contributed by atoms with van der Waals surface area (Å²) in [5, 5.41) is 3.53. The summed E-state index contributed by atoms with van der Waals surface area (Å²) in [5.74, 6) is -0.425. The Hall–Kier alpha value is -2.54. The van der Waals surface area contributed by atoms with Crippen LogP contribution >= 0.6 is 23.2 Å². The molecule has 0 spiro atoms. The first-order valence-electron chi connectivity index (χ1n) is 8.25. The highest BCUT2D eigenvalue weighted by atomic mass is 35.5. The maximum atomic E-state index is 12.5. The number of benzene rings is 3. The highest BCUT2D eigenvalue weighted by Crippen LogP contribution is 2.23. The quantitative estimate of drug-likeness (QED) is 0.588. The molecule has 8 heteroatoms. The molecule has 0 aliphatic heterocycles. The van der Waals surface area contributed by atoms with Crippen molar-refractivity contribution in [2.24, 2.45) is 0 Å². The smallest absolute Gasteiger partial charge is 0.261 e. The largest absolute Gasteiger partial charge is 0.348 e.